The zero-order valence-electron chi connectivity index (χ0n) is 18.7. The summed E-state index contributed by atoms with van der Waals surface area (Å²) in [5, 5.41) is 2.94. The summed E-state index contributed by atoms with van der Waals surface area (Å²) in [7, 11) is 4.48. The second-order valence-electron chi connectivity index (χ2n) is 7.32. The van der Waals surface area contributed by atoms with E-state index in [1.807, 2.05) is 28.8 Å². The summed E-state index contributed by atoms with van der Waals surface area (Å²) in [5.41, 5.74) is 2.32. The highest BCUT2D eigenvalue weighted by Crippen LogP contribution is 2.27. The number of nitrogens with one attached hydrogen (secondary N) is 1. The van der Waals surface area contributed by atoms with E-state index >= 15 is 0 Å². The van der Waals surface area contributed by atoms with Gasteiger partial charge in [-0.1, -0.05) is 18.6 Å². The second kappa shape index (κ2) is 11.2. The number of methoxy groups -OCH3 is 3. The van der Waals surface area contributed by atoms with Crippen LogP contribution in [0.2, 0.25) is 0 Å². The lowest BCUT2D eigenvalue weighted by Gasteiger charge is -2.10. The normalized spacial score (nSPS) is 10.7. The van der Waals surface area contributed by atoms with Gasteiger partial charge >= 0.3 is 5.97 Å². The molecule has 1 aromatic heterocycles. The highest BCUT2D eigenvalue weighted by Gasteiger charge is 2.14. The molecule has 2 aromatic carbocycles. The van der Waals surface area contributed by atoms with E-state index < -0.39 is 0 Å². The van der Waals surface area contributed by atoms with Crippen molar-refractivity contribution < 1.29 is 23.8 Å². The molecule has 1 N–H and O–H groups in total. The van der Waals surface area contributed by atoms with Crippen LogP contribution >= 0.6 is 0 Å². The van der Waals surface area contributed by atoms with Gasteiger partial charge in [0.15, 0.2) is 11.5 Å². The standard InChI is InChI=1S/C24H29N3O5/c1-30-20-13-12-17(15-21(20)31-2)24(29)25-14-8-4-5-11-22-26-18-9-6-7-10-19(18)27(22)16-23(28)32-3/h6-7,9-10,12-13,15H,4-5,8,11,14,16H2,1-3H3,(H,25,29). The Morgan fingerprint density at radius 2 is 1.75 bits per heavy atom. The number of para-hydroxylation sites is 2. The first-order valence-corrected chi connectivity index (χ1v) is 10.6. The first-order valence-electron chi connectivity index (χ1n) is 10.6. The van der Waals surface area contributed by atoms with Crippen LogP contribution in [0.4, 0.5) is 0 Å². The average molecular weight is 440 g/mol. The molecule has 8 heteroatoms. The van der Waals surface area contributed by atoms with E-state index in [4.69, 9.17) is 14.2 Å². The van der Waals surface area contributed by atoms with Gasteiger partial charge in [-0.25, -0.2) is 4.98 Å². The Morgan fingerprint density at radius 3 is 2.50 bits per heavy atom. The van der Waals surface area contributed by atoms with E-state index in [1.165, 1.54) is 7.11 Å². The van der Waals surface area contributed by atoms with Gasteiger partial charge in [0, 0.05) is 18.5 Å². The number of ether oxygens (including phenoxy) is 3. The molecule has 170 valence electrons. The molecule has 0 aliphatic carbocycles. The summed E-state index contributed by atoms with van der Waals surface area (Å²) in [6.45, 7) is 0.722. The van der Waals surface area contributed by atoms with Crippen molar-refractivity contribution >= 4 is 22.9 Å². The van der Waals surface area contributed by atoms with Crippen molar-refractivity contribution in [3.05, 3.63) is 53.9 Å². The molecule has 1 amide bonds. The highest BCUT2D eigenvalue weighted by molar-refractivity contribution is 5.94. The predicted molar refractivity (Wildman–Crippen MR) is 121 cm³/mol. The molecule has 0 fully saturated rings. The smallest absolute Gasteiger partial charge is 0.325 e. The predicted octanol–water partition coefficient (Wildman–Crippen LogP) is 3.37. The Labute approximate surface area is 187 Å². The fraction of sp³-hybridized carbons (Fsp3) is 0.375. The third-order valence-corrected chi connectivity index (χ3v) is 5.26. The molecule has 0 spiro atoms. The lowest BCUT2D eigenvalue weighted by atomic mass is 10.1. The number of benzene rings is 2. The average Bonchev–Trinajstić information content (AvgIpc) is 3.17. The highest BCUT2D eigenvalue weighted by atomic mass is 16.5. The monoisotopic (exact) mass is 439 g/mol. The van der Waals surface area contributed by atoms with Crippen LogP contribution in [-0.2, 0) is 22.5 Å². The number of aromatic nitrogens is 2. The van der Waals surface area contributed by atoms with Crippen LogP contribution in [-0.4, -0.2) is 49.3 Å². The number of imidazole rings is 1. The van der Waals surface area contributed by atoms with Crippen molar-refractivity contribution in [2.24, 2.45) is 0 Å². The number of fused-ring (bicyclic) bond motifs is 1. The van der Waals surface area contributed by atoms with Gasteiger partial charge in [-0.3, -0.25) is 9.59 Å². The van der Waals surface area contributed by atoms with Gasteiger partial charge in [0.1, 0.15) is 12.4 Å². The topological polar surface area (TPSA) is 91.7 Å². The number of aryl methyl sites for hydroxylation is 1. The molecule has 0 unspecified atom stereocenters. The molecular formula is C24H29N3O5. The molecule has 32 heavy (non-hydrogen) atoms. The molecule has 0 saturated carbocycles. The molecule has 0 saturated heterocycles. The maximum Gasteiger partial charge on any atom is 0.325 e. The maximum absolute atomic E-state index is 12.4. The quantitative estimate of drug-likeness (QED) is 0.364. The third kappa shape index (κ3) is 5.57. The molecule has 8 nitrogen and oxygen atoms in total. The van der Waals surface area contributed by atoms with Crippen molar-refractivity contribution in [3.63, 3.8) is 0 Å². The van der Waals surface area contributed by atoms with Crippen molar-refractivity contribution in [1.29, 1.82) is 0 Å². The van der Waals surface area contributed by atoms with E-state index in [0.717, 1.165) is 42.5 Å². The van der Waals surface area contributed by atoms with Gasteiger partial charge in [-0.15, -0.1) is 0 Å². The summed E-state index contributed by atoms with van der Waals surface area (Å²) in [4.78, 5) is 28.9. The van der Waals surface area contributed by atoms with Crippen LogP contribution in [0.3, 0.4) is 0 Å². The molecule has 3 aromatic rings. The molecule has 0 aliphatic heterocycles. The number of rotatable bonds is 11. The van der Waals surface area contributed by atoms with E-state index in [-0.39, 0.29) is 18.4 Å². The molecule has 0 aliphatic rings. The van der Waals surface area contributed by atoms with Crippen molar-refractivity contribution in [2.75, 3.05) is 27.9 Å². The van der Waals surface area contributed by atoms with Crippen molar-refractivity contribution in [2.45, 2.75) is 32.2 Å². The molecule has 0 bridgehead atoms. The van der Waals surface area contributed by atoms with Crippen molar-refractivity contribution in [1.82, 2.24) is 14.9 Å². The molecule has 3 rings (SSSR count). The Hall–Kier alpha value is -3.55. The molecular weight excluding hydrogens is 410 g/mol. The Balaban J connectivity index is 1.49. The maximum atomic E-state index is 12.4. The number of carbonyl (C=O) groups is 2. The van der Waals surface area contributed by atoms with E-state index in [0.29, 0.717) is 23.6 Å². The summed E-state index contributed by atoms with van der Waals surface area (Å²) < 4.78 is 17.2. The van der Waals surface area contributed by atoms with Gasteiger partial charge in [0.2, 0.25) is 0 Å². The summed E-state index contributed by atoms with van der Waals surface area (Å²) in [6.07, 6.45) is 3.41. The molecule has 0 atom stereocenters. The third-order valence-electron chi connectivity index (χ3n) is 5.26. The number of carbonyl (C=O) groups excluding carboxylic acids is 2. The Kier molecular flexibility index (Phi) is 8.08. The second-order valence-corrected chi connectivity index (χ2v) is 7.32. The zero-order chi connectivity index (χ0) is 22.9. The lowest BCUT2D eigenvalue weighted by Crippen LogP contribution is -2.24. The summed E-state index contributed by atoms with van der Waals surface area (Å²) >= 11 is 0. The van der Waals surface area contributed by atoms with Crippen LogP contribution in [0.5, 0.6) is 11.5 Å². The number of amides is 1. The number of hydrogen-bond donors (Lipinski definition) is 1. The van der Waals surface area contributed by atoms with Crippen LogP contribution in [0.25, 0.3) is 11.0 Å². The van der Waals surface area contributed by atoms with Crippen LogP contribution in [0.15, 0.2) is 42.5 Å². The van der Waals surface area contributed by atoms with Gasteiger partial charge < -0.3 is 24.1 Å². The van der Waals surface area contributed by atoms with Crippen molar-refractivity contribution in [3.8, 4) is 11.5 Å². The minimum absolute atomic E-state index is 0.147. The zero-order valence-corrected chi connectivity index (χ0v) is 18.7. The minimum atomic E-state index is -0.299. The van der Waals surface area contributed by atoms with Crippen LogP contribution in [0.1, 0.15) is 35.4 Å². The fourth-order valence-electron chi connectivity index (χ4n) is 3.55. The van der Waals surface area contributed by atoms with E-state index in [1.54, 1.807) is 32.4 Å². The minimum Gasteiger partial charge on any atom is -0.493 e. The Bertz CT molecular complexity index is 1080. The summed E-state index contributed by atoms with van der Waals surface area (Å²) in [6, 6.07) is 12.9. The largest absolute Gasteiger partial charge is 0.493 e. The SMILES string of the molecule is COC(=O)Cn1c(CCCCCNC(=O)c2ccc(OC)c(OC)c2)nc2ccccc21. The van der Waals surface area contributed by atoms with Gasteiger partial charge in [-0.05, 0) is 43.2 Å². The number of hydrogen-bond acceptors (Lipinski definition) is 6. The van der Waals surface area contributed by atoms with Crippen LogP contribution < -0.4 is 14.8 Å². The first kappa shape index (κ1) is 23.1. The van der Waals surface area contributed by atoms with Crippen LogP contribution in [0, 0.1) is 0 Å². The van der Waals surface area contributed by atoms with Gasteiger partial charge in [-0.2, -0.15) is 0 Å². The van der Waals surface area contributed by atoms with E-state index in [2.05, 4.69) is 10.3 Å². The summed E-state index contributed by atoms with van der Waals surface area (Å²) in [5.74, 6) is 1.53. The molecule has 0 radical (unpaired) electrons. The number of esters is 1. The number of nitrogens with zero attached hydrogens (tertiary/aromatic N) is 2. The Morgan fingerprint density at radius 1 is 0.969 bits per heavy atom. The van der Waals surface area contributed by atoms with Gasteiger partial charge in [0.25, 0.3) is 5.91 Å². The van der Waals surface area contributed by atoms with Gasteiger partial charge in [0.05, 0.1) is 32.4 Å². The lowest BCUT2D eigenvalue weighted by molar-refractivity contribution is -0.141. The fourth-order valence-corrected chi connectivity index (χ4v) is 3.55. The first-order chi connectivity index (χ1) is 15.6. The molecule has 1 heterocycles. The van der Waals surface area contributed by atoms with E-state index in [9.17, 15) is 9.59 Å². The number of unbranched alkanes of at least 4 members (excludes halogenated alkanes) is 2.